The molecule has 1 N–H and O–H groups in total. The van der Waals surface area contributed by atoms with Gasteiger partial charge in [-0.15, -0.1) is 0 Å². The van der Waals surface area contributed by atoms with E-state index in [1.54, 1.807) is 0 Å². The highest BCUT2D eigenvalue weighted by atomic mass is 16.4. The van der Waals surface area contributed by atoms with Crippen LogP contribution in [0.3, 0.4) is 0 Å². The molecule has 6 nitrogen and oxygen atoms in total. The van der Waals surface area contributed by atoms with Crippen LogP contribution >= 0.6 is 0 Å². The van der Waals surface area contributed by atoms with E-state index in [0.717, 1.165) is 32.1 Å². The third-order valence-corrected chi connectivity index (χ3v) is 6.51. The second-order valence-corrected chi connectivity index (χ2v) is 8.20. The Hall–Kier alpha value is -2.08. The Morgan fingerprint density at radius 2 is 1.78 bits per heavy atom. The van der Waals surface area contributed by atoms with Crippen LogP contribution in [0.25, 0.3) is 0 Å². The van der Waals surface area contributed by atoms with Crippen molar-refractivity contribution in [3.05, 3.63) is 35.9 Å². The molecule has 0 atom stereocenters. The van der Waals surface area contributed by atoms with E-state index in [2.05, 4.69) is 50.2 Å². The van der Waals surface area contributed by atoms with Crippen molar-refractivity contribution in [2.45, 2.75) is 50.1 Å². The highest BCUT2D eigenvalue weighted by Crippen LogP contribution is 2.48. The van der Waals surface area contributed by atoms with Crippen molar-refractivity contribution >= 4 is 12.0 Å². The number of carboxylic acids is 1. The first-order valence-corrected chi connectivity index (χ1v) is 9.86. The zero-order chi connectivity index (χ0) is 19.7. The van der Waals surface area contributed by atoms with E-state index < -0.39 is 5.97 Å². The van der Waals surface area contributed by atoms with Gasteiger partial charge in [0.05, 0.1) is 5.54 Å². The molecule has 1 heterocycles. The standard InChI is InChI=1S/C21H31N3O3/c1-4-14-24-19(27)23(15-18(25)26)16-20(24)10-12-21(13-11-20,22(2)3)17-8-6-5-7-9-17/h5-9H,4,10-16H2,1-3H3,(H,25,26)/t20-,21+. The van der Waals surface area contributed by atoms with E-state index >= 15 is 0 Å². The van der Waals surface area contributed by atoms with Crippen LogP contribution in [-0.4, -0.2) is 71.1 Å². The molecule has 3 rings (SSSR count). The van der Waals surface area contributed by atoms with Crippen LogP contribution in [0, 0.1) is 0 Å². The molecule has 1 saturated heterocycles. The summed E-state index contributed by atoms with van der Waals surface area (Å²) in [4.78, 5) is 29.8. The number of carboxylic acid groups (broad SMARTS) is 1. The Labute approximate surface area is 161 Å². The zero-order valence-corrected chi connectivity index (χ0v) is 16.6. The molecule has 27 heavy (non-hydrogen) atoms. The number of aliphatic carboxylic acids is 1. The Morgan fingerprint density at radius 3 is 2.30 bits per heavy atom. The topological polar surface area (TPSA) is 64.1 Å². The van der Waals surface area contributed by atoms with Gasteiger partial charge in [-0.2, -0.15) is 0 Å². The average Bonchev–Trinajstić information content (AvgIpc) is 2.88. The van der Waals surface area contributed by atoms with Crippen molar-refractivity contribution in [2.24, 2.45) is 0 Å². The first-order valence-electron chi connectivity index (χ1n) is 9.86. The molecule has 2 amide bonds. The van der Waals surface area contributed by atoms with Crippen LogP contribution < -0.4 is 0 Å². The quantitative estimate of drug-likeness (QED) is 0.833. The molecule has 2 fully saturated rings. The van der Waals surface area contributed by atoms with Crippen LogP contribution in [-0.2, 0) is 10.3 Å². The van der Waals surface area contributed by atoms with Crippen molar-refractivity contribution in [3.63, 3.8) is 0 Å². The van der Waals surface area contributed by atoms with E-state index in [9.17, 15) is 14.7 Å². The van der Waals surface area contributed by atoms with Crippen molar-refractivity contribution in [1.29, 1.82) is 0 Å². The fraction of sp³-hybridized carbons (Fsp3) is 0.619. The number of hydrogen-bond acceptors (Lipinski definition) is 3. The molecule has 1 aromatic carbocycles. The van der Waals surface area contributed by atoms with Gasteiger partial charge in [-0.05, 0) is 51.8 Å². The number of carbonyl (C=O) groups excluding carboxylic acids is 1. The van der Waals surface area contributed by atoms with E-state index in [4.69, 9.17) is 0 Å². The van der Waals surface area contributed by atoms with Crippen molar-refractivity contribution < 1.29 is 14.7 Å². The molecule has 1 aliphatic carbocycles. The summed E-state index contributed by atoms with van der Waals surface area (Å²) in [5, 5.41) is 9.18. The maximum absolute atomic E-state index is 12.8. The van der Waals surface area contributed by atoms with Gasteiger partial charge in [0, 0.05) is 18.6 Å². The number of benzene rings is 1. The summed E-state index contributed by atoms with van der Waals surface area (Å²) in [5.41, 5.74) is 1.04. The summed E-state index contributed by atoms with van der Waals surface area (Å²) < 4.78 is 0. The van der Waals surface area contributed by atoms with Gasteiger partial charge in [-0.25, -0.2) is 4.79 Å². The normalized spacial score (nSPS) is 28.4. The van der Waals surface area contributed by atoms with E-state index in [1.165, 1.54) is 10.5 Å². The van der Waals surface area contributed by atoms with Crippen molar-refractivity contribution in [1.82, 2.24) is 14.7 Å². The Bertz CT molecular complexity index is 681. The van der Waals surface area contributed by atoms with E-state index in [0.29, 0.717) is 13.1 Å². The predicted octanol–water partition coefficient (Wildman–Crippen LogP) is 2.99. The molecule has 6 heteroatoms. The number of carbonyl (C=O) groups is 2. The zero-order valence-electron chi connectivity index (χ0n) is 16.6. The summed E-state index contributed by atoms with van der Waals surface area (Å²) >= 11 is 0. The largest absolute Gasteiger partial charge is 0.480 e. The average molecular weight is 373 g/mol. The number of amides is 2. The molecular formula is C21H31N3O3. The maximum atomic E-state index is 12.8. The van der Waals surface area contributed by atoms with Gasteiger partial charge in [0.15, 0.2) is 0 Å². The molecule has 0 unspecified atom stereocenters. The number of urea groups is 1. The monoisotopic (exact) mass is 373 g/mol. The third-order valence-electron chi connectivity index (χ3n) is 6.51. The molecule has 1 saturated carbocycles. The van der Waals surface area contributed by atoms with Gasteiger partial charge in [0.25, 0.3) is 0 Å². The fourth-order valence-electron chi connectivity index (χ4n) is 5.02. The molecule has 1 aromatic rings. The van der Waals surface area contributed by atoms with Gasteiger partial charge < -0.3 is 14.9 Å². The van der Waals surface area contributed by atoms with Crippen LogP contribution in [0.5, 0.6) is 0 Å². The molecule has 1 aliphatic heterocycles. The highest BCUT2D eigenvalue weighted by Gasteiger charge is 2.54. The van der Waals surface area contributed by atoms with Crippen molar-refractivity contribution in [3.8, 4) is 0 Å². The van der Waals surface area contributed by atoms with Gasteiger partial charge in [-0.1, -0.05) is 37.3 Å². The smallest absolute Gasteiger partial charge is 0.323 e. The second kappa shape index (κ2) is 7.50. The Balaban J connectivity index is 1.86. The van der Waals surface area contributed by atoms with Crippen LogP contribution in [0.1, 0.15) is 44.6 Å². The number of hydrogen-bond donors (Lipinski definition) is 1. The van der Waals surface area contributed by atoms with Crippen molar-refractivity contribution in [2.75, 3.05) is 33.7 Å². The SMILES string of the molecule is CCCN1C(=O)N(CC(=O)O)C[C@]12CC[C@](c1ccccc1)(N(C)C)CC2. The summed E-state index contributed by atoms with van der Waals surface area (Å²) in [7, 11) is 4.26. The van der Waals surface area contributed by atoms with Gasteiger partial charge in [-0.3, -0.25) is 9.69 Å². The Morgan fingerprint density at radius 1 is 1.15 bits per heavy atom. The molecule has 0 bridgehead atoms. The highest BCUT2D eigenvalue weighted by molar-refractivity contribution is 5.83. The maximum Gasteiger partial charge on any atom is 0.323 e. The molecule has 2 aliphatic rings. The van der Waals surface area contributed by atoms with E-state index in [1.807, 2.05) is 11.0 Å². The molecule has 1 spiro atoms. The minimum Gasteiger partial charge on any atom is -0.480 e. The van der Waals surface area contributed by atoms with Crippen LogP contribution in [0.15, 0.2) is 30.3 Å². The molecule has 0 radical (unpaired) electrons. The van der Waals surface area contributed by atoms with Gasteiger partial charge >= 0.3 is 12.0 Å². The minimum atomic E-state index is -0.945. The first-order chi connectivity index (χ1) is 12.8. The first kappa shape index (κ1) is 19.7. The van der Waals surface area contributed by atoms with Gasteiger partial charge in [0.2, 0.25) is 0 Å². The minimum absolute atomic E-state index is 0.0341. The number of nitrogens with zero attached hydrogens (tertiary/aromatic N) is 3. The van der Waals surface area contributed by atoms with Crippen LogP contribution in [0.4, 0.5) is 4.79 Å². The summed E-state index contributed by atoms with van der Waals surface area (Å²) in [6, 6.07) is 10.5. The van der Waals surface area contributed by atoms with E-state index in [-0.39, 0.29) is 23.7 Å². The Kier molecular flexibility index (Phi) is 5.47. The predicted molar refractivity (Wildman–Crippen MR) is 105 cm³/mol. The molecule has 148 valence electrons. The third kappa shape index (κ3) is 3.43. The summed E-state index contributed by atoms with van der Waals surface area (Å²) in [6.07, 6.45) is 4.58. The summed E-state index contributed by atoms with van der Waals surface area (Å²) in [5.74, 6) is -0.945. The lowest BCUT2D eigenvalue weighted by atomic mass is 9.68. The lowest BCUT2D eigenvalue weighted by Gasteiger charge is -2.51. The lowest BCUT2D eigenvalue weighted by Crippen LogP contribution is -2.55. The van der Waals surface area contributed by atoms with Gasteiger partial charge in [0.1, 0.15) is 6.54 Å². The van der Waals surface area contributed by atoms with Crippen LogP contribution in [0.2, 0.25) is 0 Å². The fourth-order valence-corrected chi connectivity index (χ4v) is 5.02. The molecular weight excluding hydrogens is 342 g/mol. The second-order valence-electron chi connectivity index (χ2n) is 8.20. The molecule has 0 aromatic heterocycles. The lowest BCUT2D eigenvalue weighted by molar-refractivity contribution is -0.137. The number of rotatable bonds is 6. The summed E-state index contributed by atoms with van der Waals surface area (Å²) in [6.45, 7) is 3.07.